The minimum Gasteiger partial charge on any atom is -0.381 e. The minimum atomic E-state index is 0.266. The largest absolute Gasteiger partial charge is 0.381 e. The van der Waals surface area contributed by atoms with E-state index in [1.165, 1.54) is 0 Å². The van der Waals surface area contributed by atoms with Gasteiger partial charge in [-0.2, -0.15) is 0 Å². The molecular formula is C16H33NO2. The molecule has 0 aliphatic carbocycles. The maximum absolute atomic E-state index is 5.80. The first-order valence-corrected chi connectivity index (χ1v) is 7.89. The first-order valence-electron chi connectivity index (χ1n) is 7.89. The molecule has 1 N–H and O–H groups in total. The van der Waals surface area contributed by atoms with Crippen molar-refractivity contribution in [2.24, 2.45) is 11.3 Å². The standard InChI is InChI=1S/C16H33NO2/c1-13(2)6-9-18-10-7-16(12-17-14(3)4)8-11-19-15(16)5/h13-15,17H,6-12H2,1-5H3. The van der Waals surface area contributed by atoms with E-state index in [2.05, 4.69) is 39.9 Å². The molecule has 1 saturated heterocycles. The highest BCUT2D eigenvalue weighted by molar-refractivity contribution is 4.91. The van der Waals surface area contributed by atoms with E-state index >= 15 is 0 Å². The first kappa shape index (κ1) is 16.9. The molecule has 1 rings (SSSR count). The number of hydrogen-bond acceptors (Lipinski definition) is 3. The summed E-state index contributed by atoms with van der Waals surface area (Å²) in [7, 11) is 0. The lowest BCUT2D eigenvalue weighted by Crippen LogP contribution is -2.42. The highest BCUT2D eigenvalue weighted by Gasteiger charge is 2.40. The third-order valence-electron chi connectivity index (χ3n) is 4.28. The molecule has 0 spiro atoms. The van der Waals surface area contributed by atoms with E-state index in [1.807, 2.05) is 0 Å². The van der Waals surface area contributed by atoms with Gasteiger partial charge in [0.1, 0.15) is 0 Å². The predicted molar refractivity (Wildman–Crippen MR) is 80.5 cm³/mol. The van der Waals surface area contributed by atoms with E-state index in [0.717, 1.165) is 51.5 Å². The molecule has 0 radical (unpaired) electrons. The molecule has 1 fully saturated rings. The molecule has 114 valence electrons. The Morgan fingerprint density at radius 1 is 1.26 bits per heavy atom. The van der Waals surface area contributed by atoms with E-state index in [9.17, 15) is 0 Å². The van der Waals surface area contributed by atoms with Crippen molar-refractivity contribution in [3.05, 3.63) is 0 Å². The maximum atomic E-state index is 5.80. The third-order valence-corrected chi connectivity index (χ3v) is 4.28. The van der Waals surface area contributed by atoms with Crippen LogP contribution in [0.3, 0.4) is 0 Å². The van der Waals surface area contributed by atoms with Crippen LogP contribution in [0.4, 0.5) is 0 Å². The molecule has 3 heteroatoms. The van der Waals surface area contributed by atoms with Crippen molar-refractivity contribution in [2.45, 2.75) is 66.0 Å². The molecule has 0 aromatic carbocycles. The van der Waals surface area contributed by atoms with Crippen LogP contribution in [-0.4, -0.2) is 38.5 Å². The van der Waals surface area contributed by atoms with Crippen molar-refractivity contribution < 1.29 is 9.47 Å². The smallest absolute Gasteiger partial charge is 0.0617 e. The lowest BCUT2D eigenvalue weighted by atomic mass is 9.78. The Balaban J connectivity index is 2.33. The summed E-state index contributed by atoms with van der Waals surface area (Å²) in [5.41, 5.74) is 0.266. The molecule has 3 nitrogen and oxygen atoms in total. The van der Waals surface area contributed by atoms with E-state index in [0.29, 0.717) is 12.1 Å². The van der Waals surface area contributed by atoms with Gasteiger partial charge < -0.3 is 14.8 Å². The number of nitrogens with one attached hydrogen (secondary N) is 1. The van der Waals surface area contributed by atoms with E-state index < -0.39 is 0 Å². The Hall–Kier alpha value is -0.120. The summed E-state index contributed by atoms with van der Waals surface area (Å²) in [6.45, 7) is 14.8. The molecule has 1 aliphatic rings. The fourth-order valence-corrected chi connectivity index (χ4v) is 2.57. The van der Waals surface area contributed by atoms with Gasteiger partial charge in [-0.25, -0.2) is 0 Å². The van der Waals surface area contributed by atoms with Crippen molar-refractivity contribution in [1.29, 1.82) is 0 Å². The van der Waals surface area contributed by atoms with Crippen LogP contribution < -0.4 is 5.32 Å². The maximum Gasteiger partial charge on any atom is 0.0617 e. The average Bonchev–Trinajstić information content (AvgIpc) is 2.68. The quantitative estimate of drug-likeness (QED) is 0.653. The highest BCUT2D eigenvalue weighted by Crippen LogP contribution is 2.37. The van der Waals surface area contributed by atoms with Crippen molar-refractivity contribution in [2.75, 3.05) is 26.4 Å². The molecule has 19 heavy (non-hydrogen) atoms. The lowest BCUT2D eigenvalue weighted by molar-refractivity contribution is 0.0304. The number of rotatable bonds is 9. The van der Waals surface area contributed by atoms with Crippen molar-refractivity contribution in [1.82, 2.24) is 5.32 Å². The molecule has 0 amide bonds. The second kappa shape index (κ2) is 8.23. The summed E-state index contributed by atoms with van der Waals surface area (Å²) in [6, 6.07) is 0.534. The van der Waals surface area contributed by atoms with Gasteiger partial charge in [-0.3, -0.25) is 0 Å². The fraction of sp³-hybridized carbons (Fsp3) is 1.00. The SMILES string of the molecule is CC(C)CCOCCC1(CNC(C)C)CCOC1C. The topological polar surface area (TPSA) is 30.5 Å². The van der Waals surface area contributed by atoms with Gasteiger partial charge in [0.2, 0.25) is 0 Å². The summed E-state index contributed by atoms with van der Waals surface area (Å²) in [6.07, 6.45) is 3.75. The first-order chi connectivity index (χ1) is 8.96. The van der Waals surface area contributed by atoms with E-state index in [4.69, 9.17) is 9.47 Å². The summed E-state index contributed by atoms with van der Waals surface area (Å²) < 4.78 is 11.6. The number of hydrogen-bond donors (Lipinski definition) is 1. The molecule has 0 saturated carbocycles. The second-order valence-corrected chi connectivity index (χ2v) is 6.71. The van der Waals surface area contributed by atoms with Gasteiger partial charge in [-0.15, -0.1) is 0 Å². The van der Waals surface area contributed by atoms with Crippen molar-refractivity contribution in [3.63, 3.8) is 0 Å². The predicted octanol–water partition coefficient (Wildman–Crippen LogP) is 3.23. The summed E-state index contributed by atoms with van der Waals surface area (Å²) in [5, 5.41) is 3.58. The van der Waals surface area contributed by atoms with Crippen LogP contribution in [0.15, 0.2) is 0 Å². The molecule has 0 aromatic rings. The molecule has 0 aromatic heterocycles. The Labute approximate surface area is 119 Å². The zero-order valence-corrected chi connectivity index (χ0v) is 13.5. The lowest BCUT2D eigenvalue weighted by Gasteiger charge is -2.33. The van der Waals surface area contributed by atoms with Crippen molar-refractivity contribution >= 4 is 0 Å². The molecule has 1 aliphatic heterocycles. The van der Waals surface area contributed by atoms with Gasteiger partial charge in [0.25, 0.3) is 0 Å². The normalized spacial score (nSPS) is 27.6. The van der Waals surface area contributed by atoms with Gasteiger partial charge in [0.05, 0.1) is 6.10 Å². The third kappa shape index (κ3) is 5.80. The van der Waals surface area contributed by atoms with Gasteiger partial charge in [0, 0.05) is 37.8 Å². The Morgan fingerprint density at radius 3 is 2.53 bits per heavy atom. The molecule has 1 heterocycles. The van der Waals surface area contributed by atoms with Crippen LogP contribution in [-0.2, 0) is 9.47 Å². The average molecular weight is 271 g/mol. The summed E-state index contributed by atoms with van der Waals surface area (Å²) >= 11 is 0. The van der Waals surface area contributed by atoms with E-state index in [1.54, 1.807) is 0 Å². The zero-order chi connectivity index (χ0) is 14.3. The molecule has 2 unspecified atom stereocenters. The molecule has 2 atom stereocenters. The summed E-state index contributed by atoms with van der Waals surface area (Å²) in [5.74, 6) is 0.727. The highest BCUT2D eigenvalue weighted by atomic mass is 16.5. The number of ether oxygens (including phenoxy) is 2. The zero-order valence-electron chi connectivity index (χ0n) is 13.5. The van der Waals surface area contributed by atoms with Gasteiger partial charge in [0.15, 0.2) is 0 Å². The summed E-state index contributed by atoms with van der Waals surface area (Å²) in [4.78, 5) is 0. The van der Waals surface area contributed by atoms with Gasteiger partial charge in [-0.1, -0.05) is 27.7 Å². The van der Waals surface area contributed by atoms with Crippen molar-refractivity contribution in [3.8, 4) is 0 Å². The fourth-order valence-electron chi connectivity index (χ4n) is 2.57. The van der Waals surface area contributed by atoms with Crippen LogP contribution in [0, 0.1) is 11.3 Å². The van der Waals surface area contributed by atoms with Crippen LogP contribution in [0.5, 0.6) is 0 Å². The Kier molecular flexibility index (Phi) is 7.33. The van der Waals surface area contributed by atoms with Crippen LogP contribution >= 0.6 is 0 Å². The van der Waals surface area contributed by atoms with E-state index in [-0.39, 0.29) is 5.41 Å². The minimum absolute atomic E-state index is 0.266. The Morgan fingerprint density at radius 2 is 2.00 bits per heavy atom. The van der Waals surface area contributed by atoms with Gasteiger partial charge in [-0.05, 0) is 32.1 Å². The second-order valence-electron chi connectivity index (χ2n) is 6.71. The Bertz CT molecular complexity index is 243. The van der Waals surface area contributed by atoms with Gasteiger partial charge >= 0.3 is 0 Å². The van der Waals surface area contributed by atoms with Crippen LogP contribution in [0.25, 0.3) is 0 Å². The van der Waals surface area contributed by atoms with Crippen LogP contribution in [0.2, 0.25) is 0 Å². The molecular weight excluding hydrogens is 238 g/mol. The van der Waals surface area contributed by atoms with Crippen LogP contribution in [0.1, 0.15) is 53.9 Å². The molecule has 0 bridgehead atoms. The monoisotopic (exact) mass is 271 g/mol.